The van der Waals surface area contributed by atoms with Crippen molar-refractivity contribution in [1.29, 1.82) is 0 Å². The maximum absolute atomic E-state index is 11.9. The number of nitrogens with one attached hydrogen (secondary N) is 1. The Balaban J connectivity index is 1.69. The molecule has 1 amide bonds. The Kier molecular flexibility index (Phi) is 7.76. The normalized spacial score (nSPS) is 24.4. The topological polar surface area (TPSA) is 102 Å². The van der Waals surface area contributed by atoms with E-state index >= 15 is 0 Å². The molecular formula is C25H38N2O4. The lowest BCUT2D eigenvalue weighted by molar-refractivity contribution is -0.142. The fraction of sp³-hybridized carbons (Fsp3) is 0.680. The fourth-order valence-corrected chi connectivity index (χ4v) is 5.66. The zero-order valence-corrected chi connectivity index (χ0v) is 19.2. The summed E-state index contributed by atoms with van der Waals surface area (Å²) < 4.78 is 5.83. The number of methoxy groups -OCH3 is 1. The summed E-state index contributed by atoms with van der Waals surface area (Å²) in [6.07, 6.45) is 8.19. The molecule has 1 unspecified atom stereocenters. The van der Waals surface area contributed by atoms with Crippen LogP contribution in [0, 0.1) is 11.8 Å². The summed E-state index contributed by atoms with van der Waals surface area (Å²) in [4.78, 5) is 23.6. The van der Waals surface area contributed by atoms with E-state index in [-0.39, 0.29) is 23.5 Å². The summed E-state index contributed by atoms with van der Waals surface area (Å²) in [6.45, 7) is 4.93. The number of carboxylic acid groups (broad SMARTS) is 1. The Hall–Kier alpha value is -1.92. The van der Waals surface area contributed by atoms with E-state index in [1.54, 1.807) is 13.2 Å². The summed E-state index contributed by atoms with van der Waals surface area (Å²) in [5.41, 5.74) is 8.00. The van der Waals surface area contributed by atoms with Crippen molar-refractivity contribution in [3.63, 3.8) is 0 Å². The first-order valence-corrected chi connectivity index (χ1v) is 11.7. The van der Waals surface area contributed by atoms with Gasteiger partial charge in [-0.15, -0.1) is 0 Å². The van der Waals surface area contributed by atoms with Crippen LogP contribution in [0.15, 0.2) is 18.2 Å². The largest absolute Gasteiger partial charge is 0.481 e. The molecular weight excluding hydrogens is 392 g/mol. The molecule has 0 radical (unpaired) electrons. The molecule has 2 aliphatic rings. The summed E-state index contributed by atoms with van der Waals surface area (Å²) in [7, 11) is 1.72. The highest BCUT2D eigenvalue weighted by Gasteiger charge is 2.42. The summed E-state index contributed by atoms with van der Waals surface area (Å²) >= 11 is 0. The molecule has 6 heteroatoms. The monoisotopic (exact) mass is 430 g/mol. The lowest BCUT2D eigenvalue weighted by atomic mass is 9.67. The van der Waals surface area contributed by atoms with Gasteiger partial charge in [0.05, 0.1) is 12.0 Å². The van der Waals surface area contributed by atoms with E-state index in [1.165, 1.54) is 24.8 Å². The summed E-state index contributed by atoms with van der Waals surface area (Å²) in [5, 5.41) is 13.4. The molecule has 3 rings (SSSR count). The van der Waals surface area contributed by atoms with Crippen LogP contribution in [0.3, 0.4) is 0 Å². The molecule has 0 aliphatic heterocycles. The SMILES string of the molecule is CO[C@H]1Cc2ccc(C(N)=O)cc2C(C)(C)[C@@H]1NCCC(CC1CCCCC1)C(=O)O. The first kappa shape index (κ1) is 23.7. The minimum atomic E-state index is -0.685. The Bertz CT molecular complexity index is 786. The van der Waals surface area contributed by atoms with Gasteiger partial charge in [-0.05, 0) is 48.6 Å². The second kappa shape index (κ2) is 10.1. The quantitative estimate of drug-likeness (QED) is 0.555. The van der Waals surface area contributed by atoms with Gasteiger partial charge < -0.3 is 20.9 Å². The van der Waals surface area contributed by atoms with E-state index < -0.39 is 11.9 Å². The second-order valence-corrected chi connectivity index (χ2v) is 9.93. The number of hydrogen-bond acceptors (Lipinski definition) is 4. The Morgan fingerprint density at radius 1 is 1.26 bits per heavy atom. The van der Waals surface area contributed by atoms with Crippen molar-refractivity contribution >= 4 is 11.9 Å². The van der Waals surface area contributed by atoms with Crippen LogP contribution >= 0.6 is 0 Å². The number of primary amides is 1. The number of benzene rings is 1. The predicted molar refractivity (Wildman–Crippen MR) is 121 cm³/mol. The predicted octanol–water partition coefficient (Wildman–Crippen LogP) is 3.65. The molecule has 1 saturated carbocycles. The number of hydrogen-bond donors (Lipinski definition) is 3. The minimum absolute atomic E-state index is 0.0113. The van der Waals surface area contributed by atoms with Gasteiger partial charge >= 0.3 is 5.97 Å². The van der Waals surface area contributed by atoms with E-state index in [0.717, 1.165) is 31.2 Å². The molecule has 31 heavy (non-hydrogen) atoms. The van der Waals surface area contributed by atoms with Crippen molar-refractivity contribution in [2.45, 2.75) is 82.8 Å². The molecule has 2 aliphatic carbocycles. The second-order valence-electron chi connectivity index (χ2n) is 9.93. The van der Waals surface area contributed by atoms with Crippen LogP contribution in [0.1, 0.15) is 80.3 Å². The van der Waals surface area contributed by atoms with Crippen molar-refractivity contribution in [1.82, 2.24) is 5.32 Å². The van der Waals surface area contributed by atoms with Crippen molar-refractivity contribution in [2.24, 2.45) is 17.6 Å². The highest BCUT2D eigenvalue weighted by Crippen LogP contribution is 2.39. The summed E-state index contributed by atoms with van der Waals surface area (Å²) in [6, 6.07) is 5.67. The lowest BCUT2D eigenvalue weighted by Crippen LogP contribution is -2.57. The number of rotatable bonds is 9. The molecule has 0 bridgehead atoms. The fourth-order valence-electron chi connectivity index (χ4n) is 5.66. The number of carbonyl (C=O) groups is 2. The Morgan fingerprint density at radius 3 is 2.58 bits per heavy atom. The van der Waals surface area contributed by atoms with Gasteiger partial charge in [0, 0.05) is 30.6 Å². The third-order valence-electron chi connectivity index (χ3n) is 7.51. The molecule has 1 aromatic carbocycles. The maximum atomic E-state index is 11.9. The average molecular weight is 431 g/mol. The smallest absolute Gasteiger partial charge is 0.306 e. The van der Waals surface area contributed by atoms with E-state index in [9.17, 15) is 14.7 Å². The number of nitrogens with two attached hydrogens (primary N) is 1. The zero-order chi connectivity index (χ0) is 22.6. The molecule has 0 aromatic heterocycles. The van der Waals surface area contributed by atoms with Crippen LogP contribution in [0.2, 0.25) is 0 Å². The van der Waals surface area contributed by atoms with Gasteiger partial charge in [0.25, 0.3) is 0 Å². The molecule has 0 spiro atoms. The van der Waals surface area contributed by atoms with Crippen molar-refractivity contribution in [3.8, 4) is 0 Å². The first-order valence-electron chi connectivity index (χ1n) is 11.7. The van der Waals surface area contributed by atoms with Gasteiger partial charge in [0.2, 0.25) is 5.91 Å². The van der Waals surface area contributed by atoms with E-state index in [1.807, 2.05) is 12.1 Å². The van der Waals surface area contributed by atoms with Crippen LogP contribution in [-0.4, -0.2) is 42.8 Å². The Labute approximate surface area is 185 Å². The summed E-state index contributed by atoms with van der Waals surface area (Å²) in [5.74, 6) is -0.872. The minimum Gasteiger partial charge on any atom is -0.481 e. The van der Waals surface area contributed by atoms with Gasteiger partial charge in [0.1, 0.15) is 0 Å². The van der Waals surface area contributed by atoms with Gasteiger partial charge in [-0.1, -0.05) is 52.0 Å². The number of carbonyl (C=O) groups excluding carboxylic acids is 1. The average Bonchev–Trinajstić information content (AvgIpc) is 2.74. The third kappa shape index (κ3) is 5.47. The molecule has 1 fully saturated rings. The van der Waals surface area contributed by atoms with Crippen molar-refractivity contribution < 1.29 is 19.4 Å². The molecule has 4 N–H and O–H groups in total. The van der Waals surface area contributed by atoms with Crippen LogP contribution < -0.4 is 11.1 Å². The third-order valence-corrected chi connectivity index (χ3v) is 7.51. The van der Waals surface area contributed by atoms with Gasteiger partial charge in [-0.2, -0.15) is 0 Å². The molecule has 0 heterocycles. The van der Waals surface area contributed by atoms with Crippen LogP contribution in [0.25, 0.3) is 0 Å². The lowest BCUT2D eigenvalue weighted by Gasteiger charge is -2.45. The van der Waals surface area contributed by atoms with Gasteiger partial charge in [0.15, 0.2) is 0 Å². The van der Waals surface area contributed by atoms with Crippen LogP contribution in [0.4, 0.5) is 0 Å². The molecule has 3 atom stereocenters. The molecule has 0 saturated heterocycles. The number of amides is 1. The van der Waals surface area contributed by atoms with E-state index in [0.29, 0.717) is 24.4 Å². The van der Waals surface area contributed by atoms with Crippen LogP contribution in [0.5, 0.6) is 0 Å². The maximum Gasteiger partial charge on any atom is 0.306 e. The highest BCUT2D eigenvalue weighted by molar-refractivity contribution is 5.93. The number of carboxylic acids is 1. The first-order chi connectivity index (χ1) is 14.7. The van der Waals surface area contributed by atoms with E-state index in [4.69, 9.17) is 10.5 Å². The van der Waals surface area contributed by atoms with Crippen molar-refractivity contribution in [2.75, 3.05) is 13.7 Å². The molecule has 172 valence electrons. The van der Waals surface area contributed by atoms with Crippen molar-refractivity contribution in [3.05, 3.63) is 34.9 Å². The van der Waals surface area contributed by atoms with Crippen LogP contribution in [-0.2, 0) is 21.4 Å². The standard InChI is InChI=1S/C25H38N2O4/c1-25(2)20-14-18(23(26)28)10-9-17(20)15-21(31-3)22(25)27-12-11-19(24(29)30)13-16-7-5-4-6-8-16/h9-10,14,16,19,21-22,27H,4-8,11-13,15H2,1-3H3,(H2,26,28)(H,29,30)/t19?,21-,22+/m0/s1. The number of aliphatic carboxylic acids is 1. The van der Waals surface area contributed by atoms with E-state index in [2.05, 4.69) is 19.2 Å². The molecule has 6 nitrogen and oxygen atoms in total. The Morgan fingerprint density at radius 2 is 1.97 bits per heavy atom. The highest BCUT2D eigenvalue weighted by atomic mass is 16.5. The zero-order valence-electron chi connectivity index (χ0n) is 19.2. The number of ether oxygens (including phenoxy) is 1. The van der Waals surface area contributed by atoms with Gasteiger partial charge in [-0.25, -0.2) is 0 Å². The number of fused-ring (bicyclic) bond motifs is 1. The molecule has 1 aromatic rings. The van der Waals surface area contributed by atoms with Gasteiger partial charge in [-0.3, -0.25) is 9.59 Å².